The second-order valence-electron chi connectivity index (χ2n) is 2.67. The molecule has 82 valence electrons. The van der Waals surface area contributed by atoms with Crippen molar-refractivity contribution in [3.05, 3.63) is 34.9 Å². The summed E-state index contributed by atoms with van der Waals surface area (Å²) in [6.45, 7) is 0. The highest BCUT2D eigenvalue weighted by molar-refractivity contribution is 7.85. The van der Waals surface area contributed by atoms with Gasteiger partial charge in [0, 0.05) is 10.6 Å². The van der Waals surface area contributed by atoms with E-state index >= 15 is 0 Å². The van der Waals surface area contributed by atoms with Crippen molar-refractivity contribution < 1.29 is 12.7 Å². The Morgan fingerprint density at radius 1 is 1.47 bits per heavy atom. The van der Waals surface area contributed by atoms with Crippen LogP contribution in [0.5, 0.6) is 0 Å². The van der Waals surface area contributed by atoms with E-state index in [-0.39, 0.29) is 5.17 Å². The summed E-state index contributed by atoms with van der Waals surface area (Å²) in [5.41, 5.74) is 0.479. The van der Waals surface area contributed by atoms with Crippen molar-refractivity contribution >= 4 is 38.5 Å². The summed E-state index contributed by atoms with van der Waals surface area (Å²) in [4.78, 5) is 0. The predicted octanol–water partition coefficient (Wildman–Crippen LogP) is 2.22. The molecular formula is C8H7Cl2NO3S. The SMILES string of the molecule is CS(=O)(=O)O/N=C(\Cl)c1cccc(Cl)c1. The molecule has 4 nitrogen and oxygen atoms in total. The molecule has 0 amide bonds. The normalized spacial score (nSPS) is 12.6. The minimum Gasteiger partial charge on any atom is -0.267 e. The van der Waals surface area contributed by atoms with Gasteiger partial charge in [0.1, 0.15) is 0 Å². The maximum Gasteiger partial charge on any atom is 0.325 e. The zero-order valence-corrected chi connectivity index (χ0v) is 9.97. The Kier molecular flexibility index (Phi) is 3.96. The zero-order chi connectivity index (χ0) is 11.5. The van der Waals surface area contributed by atoms with E-state index in [1.165, 1.54) is 0 Å². The first-order valence-corrected chi connectivity index (χ1v) is 6.34. The number of oxime groups is 1. The second kappa shape index (κ2) is 4.83. The second-order valence-corrected chi connectivity index (χ2v) is 5.02. The number of halogens is 2. The molecule has 0 saturated carbocycles. The van der Waals surface area contributed by atoms with Gasteiger partial charge in [0.05, 0.1) is 6.26 Å². The first kappa shape index (κ1) is 12.3. The fourth-order valence-electron chi connectivity index (χ4n) is 0.770. The van der Waals surface area contributed by atoms with Crippen molar-refractivity contribution in [1.29, 1.82) is 0 Å². The van der Waals surface area contributed by atoms with E-state index in [2.05, 4.69) is 9.44 Å². The van der Waals surface area contributed by atoms with Crippen LogP contribution in [0.2, 0.25) is 5.02 Å². The molecule has 7 heteroatoms. The largest absolute Gasteiger partial charge is 0.325 e. The van der Waals surface area contributed by atoms with Gasteiger partial charge in [-0.3, -0.25) is 4.28 Å². The molecule has 0 aliphatic rings. The summed E-state index contributed by atoms with van der Waals surface area (Å²) in [5.74, 6) is 0. The van der Waals surface area contributed by atoms with Crippen molar-refractivity contribution in [1.82, 2.24) is 0 Å². The topological polar surface area (TPSA) is 55.7 Å². The molecule has 1 aromatic rings. The van der Waals surface area contributed by atoms with Gasteiger partial charge in [0.2, 0.25) is 0 Å². The molecule has 0 heterocycles. The number of benzene rings is 1. The van der Waals surface area contributed by atoms with E-state index in [1.54, 1.807) is 24.3 Å². The minimum atomic E-state index is -3.64. The Hall–Kier alpha value is -0.780. The number of rotatable bonds is 3. The summed E-state index contributed by atoms with van der Waals surface area (Å²) in [5, 5.41) is 3.63. The van der Waals surface area contributed by atoms with Crippen molar-refractivity contribution in [3.8, 4) is 0 Å². The van der Waals surface area contributed by atoms with E-state index in [0.717, 1.165) is 6.26 Å². The van der Waals surface area contributed by atoms with Crippen LogP contribution >= 0.6 is 23.2 Å². The van der Waals surface area contributed by atoms with Crippen molar-refractivity contribution in [2.75, 3.05) is 6.26 Å². The van der Waals surface area contributed by atoms with Crippen LogP contribution in [0.25, 0.3) is 0 Å². The van der Waals surface area contributed by atoms with Gasteiger partial charge >= 0.3 is 10.1 Å². The molecule has 0 N–H and O–H groups in total. The van der Waals surface area contributed by atoms with Gasteiger partial charge in [0.25, 0.3) is 0 Å². The Balaban J connectivity index is 2.90. The Morgan fingerprint density at radius 2 is 2.13 bits per heavy atom. The molecular weight excluding hydrogens is 261 g/mol. The van der Waals surface area contributed by atoms with E-state index in [1.807, 2.05) is 0 Å². The van der Waals surface area contributed by atoms with Crippen LogP contribution in [0.4, 0.5) is 0 Å². The van der Waals surface area contributed by atoms with Gasteiger partial charge in [-0.2, -0.15) is 8.42 Å². The van der Waals surface area contributed by atoms with Crippen LogP contribution in [0.15, 0.2) is 29.4 Å². The molecule has 0 bridgehead atoms. The molecule has 0 saturated heterocycles. The highest BCUT2D eigenvalue weighted by Crippen LogP contribution is 2.13. The highest BCUT2D eigenvalue weighted by Gasteiger charge is 2.04. The molecule has 15 heavy (non-hydrogen) atoms. The lowest BCUT2D eigenvalue weighted by atomic mass is 10.2. The highest BCUT2D eigenvalue weighted by atomic mass is 35.5. The average molecular weight is 268 g/mol. The van der Waals surface area contributed by atoms with E-state index in [4.69, 9.17) is 23.2 Å². The third-order valence-electron chi connectivity index (χ3n) is 1.32. The van der Waals surface area contributed by atoms with Crippen LogP contribution < -0.4 is 0 Å². The van der Waals surface area contributed by atoms with Gasteiger partial charge in [-0.1, -0.05) is 40.5 Å². The number of hydrogen-bond acceptors (Lipinski definition) is 4. The molecule has 0 aliphatic carbocycles. The van der Waals surface area contributed by atoms with Crippen molar-refractivity contribution in [3.63, 3.8) is 0 Å². The lowest BCUT2D eigenvalue weighted by molar-refractivity contribution is 0.344. The molecule has 0 unspecified atom stereocenters. The molecule has 0 aromatic heterocycles. The van der Waals surface area contributed by atoms with Crippen molar-refractivity contribution in [2.45, 2.75) is 0 Å². The van der Waals surface area contributed by atoms with Gasteiger partial charge in [-0.25, -0.2) is 0 Å². The van der Waals surface area contributed by atoms with E-state index in [9.17, 15) is 8.42 Å². The molecule has 0 fully saturated rings. The predicted molar refractivity (Wildman–Crippen MR) is 59.8 cm³/mol. The first-order chi connectivity index (χ1) is 6.88. The van der Waals surface area contributed by atoms with Gasteiger partial charge < -0.3 is 0 Å². The quantitative estimate of drug-likeness (QED) is 0.623. The summed E-state index contributed by atoms with van der Waals surface area (Å²) < 4.78 is 25.4. The summed E-state index contributed by atoms with van der Waals surface area (Å²) in [7, 11) is -3.64. The van der Waals surface area contributed by atoms with E-state index in [0.29, 0.717) is 10.6 Å². The Bertz CT molecular complexity index is 484. The lowest BCUT2D eigenvalue weighted by Crippen LogP contribution is -2.00. The molecule has 1 rings (SSSR count). The summed E-state index contributed by atoms with van der Waals surface area (Å²) >= 11 is 11.4. The maximum absolute atomic E-state index is 10.6. The van der Waals surface area contributed by atoms with Gasteiger partial charge in [0.15, 0.2) is 5.17 Å². The smallest absolute Gasteiger partial charge is 0.267 e. The fourth-order valence-corrected chi connectivity index (χ4v) is 1.36. The van der Waals surface area contributed by atoms with Crippen LogP contribution in [0, 0.1) is 0 Å². The summed E-state index contributed by atoms with van der Waals surface area (Å²) in [6, 6.07) is 6.49. The number of nitrogens with zero attached hydrogens (tertiary/aromatic N) is 1. The van der Waals surface area contributed by atoms with E-state index < -0.39 is 10.1 Å². The van der Waals surface area contributed by atoms with Crippen LogP contribution in [-0.2, 0) is 14.4 Å². The Morgan fingerprint density at radius 3 is 2.67 bits per heavy atom. The monoisotopic (exact) mass is 267 g/mol. The fraction of sp³-hybridized carbons (Fsp3) is 0.125. The molecule has 0 atom stereocenters. The van der Waals surface area contributed by atoms with Crippen molar-refractivity contribution in [2.24, 2.45) is 5.16 Å². The summed E-state index contributed by atoms with van der Waals surface area (Å²) in [6.07, 6.45) is 0.874. The third kappa shape index (κ3) is 4.51. The average Bonchev–Trinajstić information content (AvgIpc) is 2.13. The van der Waals surface area contributed by atoms with Crippen LogP contribution in [0.1, 0.15) is 5.56 Å². The zero-order valence-electron chi connectivity index (χ0n) is 7.65. The molecule has 1 aromatic carbocycles. The third-order valence-corrected chi connectivity index (χ3v) is 2.18. The number of hydrogen-bond donors (Lipinski definition) is 0. The Labute approximate surface area is 97.6 Å². The minimum absolute atomic E-state index is 0.0806. The van der Waals surface area contributed by atoms with Crippen LogP contribution in [-0.4, -0.2) is 19.8 Å². The lowest BCUT2D eigenvalue weighted by Gasteiger charge is -1.98. The van der Waals surface area contributed by atoms with Gasteiger partial charge in [-0.05, 0) is 12.1 Å². The standard InChI is InChI=1S/C8H7Cl2NO3S/c1-15(12,13)14-11-8(10)6-3-2-4-7(9)5-6/h2-5H,1H3/b11-8-. The first-order valence-electron chi connectivity index (χ1n) is 3.76. The van der Waals surface area contributed by atoms with Gasteiger partial charge in [-0.15, -0.1) is 0 Å². The maximum atomic E-state index is 10.6. The van der Waals surface area contributed by atoms with Crippen LogP contribution in [0.3, 0.4) is 0 Å². The molecule has 0 spiro atoms. The molecule has 0 aliphatic heterocycles. The molecule has 0 radical (unpaired) electrons.